The van der Waals surface area contributed by atoms with Gasteiger partial charge in [0, 0.05) is 25.2 Å². The Balaban J connectivity index is 1.68. The second kappa shape index (κ2) is 7.53. The fraction of sp³-hybridized carbons (Fsp3) is 0.211. The van der Waals surface area contributed by atoms with Crippen molar-refractivity contribution < 1.29 is 13.2 Å². The third-order valence-corrected chi connectivity index (χ3v) is 4.99. The molecule has 0 aliphatic carbocycles. The van der Waals surface area contributed by atoms with Crippen LogP contribution in [0.1, 0.15) is 24.0 Å². The first kappa shape index (κ1) is 17.2. The zero-order valence-corrected chi connectivity index (χ0v) is 14.6. The van der Waals surface area contributed by atoms with E-state index >= 15 is 0 Å². The molecule has 5 nitrogen and oxygen atoms in total. The number of nitrogens with zero attached hydrogens (tertiary/aromatic N) is 1. The molecule has 0 atom stereocenters. The largest absolute Gasteiger partial charge is 0.338 e. The molecule has 130 valence electrons. The summed E-state index contributed by atoms with van der Waals surface area (Å²) in [6.45, 7) is 1.27. The normalized spacial score (nSPS) is 15.0. The summed E-state index contributed by atoms with van der Waals surface area (Å²) in [4.78, 5) is 13.5. The third-order valence-electron chi connectivity index (χ3n) is 3.97. The molecule has 2 aromatic carbocycles. The summed E-state index contributed by atoms with van der Waals surface area (Å²) in [6.07, 6.45) is 3.03. The molecule has 1 fully saturated rings. The first-order valence-electron chi connectivity index (χ1n) is 8.14. The van der Waals surface area contributed by atoms with Crippen molar-refractivity contribution in [1.29, 1.82) is 0 Å². The maximum atomic E-state index is 12.2. The van der Waals surface area contributed by atoms with Gasteiger partial charge in [0.1, 0.15) is 0 Å². The highest BCUT2D eigenvalue weighted by Crippen LogP contribution is 2.18. The average molecular weight is 356 g/mol. The molecule has 1 amide bonds. The van der Waals surface area contributed by atoms with Crippen molar-refractivity contribution >= 4 is 27.7 Å². The van der Waals surface area contributed by atoms with E-state index < -0.39 is 10.0 Å². The lowest BCUT2D eigenvalue weighted by Gasteiger charge is -2.16. The van der Waals surface area contributed by atoms with E-state index in [1.165, 1.54) is 0 Å². The first-order chi connectivity index (χ1) is 12.0. The van der Waals surface area contributed by atoms with Crippen molar-refractivity contribution in [2.24, 2.45) is 0 Å². The molecular formula is C19H20N2O3S. The van der Waals surface area contributed by atoms with Crippen molar-refractivity contribution in [3.05, 3.63) is 71.1 Å². The molecule has 25 heavy (non-hydrogen) atoms. The van der Waals surface area contributed by atoms with Gasteiger partial charge in [-0.1, -0.05) is 42.5 Å². The highest BCUT2D eigenvalue weighted by atomic mass is 32.2. The summed E-state index contributed by atoms with van der Waals surface area (Å²) in [6, 6.07) is 16.4. The molecule has 1 N–H and O–H groups in total. The van der Waals surface area contributed by atoms with Crippen molar-refractivity contribution in [2.45, 2.75) is 19.4 Å². The number of carbonyl (C=O) groups is 1. The topological polar surface area (TPSA) is 66.5 Å². The number of hydrogen-bond donors (Lipinski definition) is 1. The van der Waals surface area contributed by atoms with E-state index in [0.29, 0.717) is 18.7 Å². The summed E-state index contributed by atoms with van der Waals surface area (Å²) in [5.41, 5.74) is 2.21. The number of sulfonamides is 1. The molecular weight excluding hydrogens is 336 g/mol. The molecule has 0 saturated carbocycles. The van der Waals surface area contributed by atoms with Gasteiger partial charge in [-0.05, 0) is 35.8 Å². The number of benzene rings is 2. The van der Waals surface area contributed by atoms with Gasteiger partial charge in [0.15, 0.2) is 0 Å². The van der Waals surface area contributed by atoms with Gasteiger partial charge in [0.2, 0.25) is 5.91 Å². The van der Waals surface area contributed by atoms with E-state index in [0.717, 1.165) is 29.5 Å². The Labute approximate surface area is 148 Å². The average Bonchev–Trinajstić information content (AvgIpc) is 2.99. The van der Waals surface area contributed by atoms with Crippen LogP contribution in [0.25, 0.3) is 6.08 Å². The van der Waals surface area contributed by atoms with Crippen LogP contribution in [0, 0.1) is 0 Å². The summed E-state index contributed by atoms with van der Waals surface area (Å²) in [5.74, 6) is 0.150. The minimum atomic E-state index is -3.60. The molecule has 2 aromatic rings. The Morgan fingerprint density at radius 2 is 1.88 bits per heavy atom. The van der Waals surface area contributed by atoms with Crippen LogP contribution < -0.4 is 4.72 Å². The third kappa shape index (κ3) is 4.93. The van der Waals surface area contributed by atoms with E-state index in [-0.39, 0.29) is 5.91 Å². The smallest absolute Gasteiger partial charge is 0.255 e. The Morgan fingerprint density at radius 3 is 2.60 bits per heavy atom. The Morgan fingerprint density at radius 1 is 1.08 bits per heavy atom. The summed E-state index contributed by atoms with van der Waals surface area (Å²) < 4.78 is 27.0. The number of nitrogens with one attached hydrogen (secondary N) is 1. The van der Waals surface area contributed by atoms with Crippen LogP contribution in [0.15, 0.2) is 60.0 Å². The number of hydrogen-bond acceptors (Lipinski definition) is 3. The standard InChI is InChI=1S/C19H20N2O3S/c22-19-10-5-12-21(19)15-17-8-4-9-18(14-17)20-25(23,24)13-11-16-6-2-1-3-7-16/h1-4,6-9,11,13-14,20H,5,10,12,15H2/b13-11+. The molecule has 0 unspecified atom stereocenters. The Hall–Kier alpha value is -2.60. The van der Waals surface area contributed by atoms with Gasteiger partial charge in [0.05, 0.1) is 5.41 Å². The quantitative estimate of drug-likeness (QED) is 0.864. The van der Waals surface area contributed by atoms with Crippen molar-refractivity contribution in [3.63, 3.8) is 0 Å². The SMILES string of the molecule is O=C1CCCN1Cc1cccc(NS(=O)(=O)/C=C/c2ccccc2)c1. The zero-order chi connectivity index (χ0) is 17.7. The van der Waals surface area contributed by atoms with Crippen LogP contribution in [-0.2, 0) is 21.4 Å². The zero-order valence-electron chi connectivity index (χ0n) is 13.8. The van der Waals surface area contributed by atoms with Crippen LogP contribution in [0.3, 0.4) is 0 Å². The van der Waals surface area contributed by atoms with Gasteiger partial charge in [-0.2, -0.15) is 0 Å². The highest BCUT2D eigenvalue weighted by molar-refractivity contribution is 7.95. The van der Waals surface area contributed by atoms with E-state index in [1.807, 2.05) is 36.4 Å². The Kier molecular flexibility index (Phi) is 5.19. The lowest BCUT2D eigenvalue weighted by Crippen LogP contribution is -2.23. The molecule has 0 bridgehead atoms. The van der Waals surface area contributed by atoms with Crippen LogP contribution in [0.4, 0.5) is 5.69 Å². The lowest BCUT2D eigenvalue weighted by atomic mass is 10.2. The van der Waals surface area contributed by atoms with Crippen LogP contribution in [0.2, 0.25) is 0 Å². The number of carbonyl (C=O) groups excluding carboxylic acids is 1. The summed E-state index contributed by atoms with van der Waals surface area (Å²) >= 11 is 0. The van der Waals surface area contributed by atoms with Crippen LogP contribution >= 0.6 is 0 Å². The monoisotopic (exact) mass is 356 g/mol. The van der Waals surface area contributed by atoms with E-state index in [9.17, 15) is 13.2 Å². The van der Waals surface area contributed by atoms with Gasteiger partial charge in [0.25, 0.3) is 10.0 Å². The van der Waals surface area contributed by atoms with E-state index in [1.54, 1.807) is 29.2 Å². The number of anilines is 1. The highest BCUT2D eigenvalue weighted by Gasteiger charge is 2.20. The number of likely N-dealkylation sites (tertiary alicyclic amines) is 1. The maximum absolute atomic E-state index is 12.2. The minimum Gasteiger partial charge on any atom is -0.338 e. The molecule has 0 radical (unpaired) electrons. The van der Waals surface area contributed by atoms with Crippen LogP contribution in [0.5, 0.6) is 0 Å². The maximum Gasteiger partial charge on any atom is 0.255 e. The van der Waals surface area contributed by atoms with Crippen molar-refractivity contribution in [3.8, 4) is 0 Å². The lowest BCUT2D eigenvalue weighted by molar-refractivity contribution is -0.128. The molecule has 1 aliphatic heterocycles. The molecule has 6 heteroatoms. The predicted octanol–water partition coefficient (Wildman–Crippen LogP) is 3.22. The molecule has 3 rings (SSSR count). The Bertz CT molecular complexity index is 877. The van der Waals surface area contributed by atoms with E-state index in [2.05, 4.69) is 4.72 Å². The molecule has 0 aromatic heterocycles. The van der Waals surface area contributed by atoms with Gasteiger partial charge >= 0.3 is 0 Å². The van der Waals surface area contributed by atoms with Gasteiger partial charge in [-0.15, -0.1) is 0 Å². The molecule has 1 saturated heterocycles. The van der Waals surface area contributed by atoms with Crippen molar-refractivity contribution in [2.75, 3.05) is 11.3 Å². The summed E-state index contributed by atoms with van der Waals surface area (Å²) in [5, 5.41) is 1.15. The molecule has 0 spiro atoms. The fourth-order valence-electron chi connectivity index (χ4n) is 2.76. The van der Waals surface area contributed by atoms with E-state index in [4.69, 9.17) is 0 Å². The summed E-state index contributed by atoms with van der Waals surface area (Å²) in [7, 11) is -3.60. The second-order valence-electron chi connectivity index (χ2n) is 5.98. The molecule has 1 heterocycles. The predicted molar refractivity (Wildman–Crippen MR) is 99.1 cm³/mol. The number of rotatable bonds is 6. The van der Waals surface area contributed by atoms with Gasteiger partial charge < -0.3 is 4.90 Å². The minimum absolute atomic E-state index is 0.150. The molecule has 1 aliphatic rings. The number of amides is 1. The second-order valence-corrected chi connectivity index (χ2v) is 7.55. The van der Waals surface area contributed by atoms with Crippen molar-refractivity contribution in [1.82, 2.24) is 4.90 Å². The van der Waals surface area contributed by atoms with Gasteiger partial charge in [-0.3, -0.25) is 9.52 Å². The first-order valence-corrected chi connectivity index (χ1v) is 9.69. The van der Waals surface area contributed by atoms with Crippen LogP contribution in [-0.4, -0.2) is 25.8 Å². The fourth-order valence-corrected chi connectivity index (χ4v) is 3.62. The van der Waals surface area contributed by atoms with Gasteiger partial charge in [-0.25, -0.2) is 8.42 Å².